The average Bonchev–Trinajstić information content (AvgIpc) is 3.45. The number of carbonyl (C=O) groups excluding carboxylic acids is 3. The van der Waals surface area contributed by atoms with Crippen LogP contribution >= 0.6 is 0 Å². The van der Waals surface area contributed by atoms with Gasteiger partial charge in [-0.15, -0.1) is 0 Å². The maximum atomic E-state index is 12.8. The van der Waals surface area contributed by atoms with Gasteiger partial charge in [-0.05, 0) is 89.9 Å². The van der Waals surface area contributed by atoms with Crippen LogP contribution in [0.3, 0.4) is 0 Å². The van der Waals surface area contributed by atoms with Crippen molar-refractivity contribution < 1.29 is 28.6 Å². The van der Waals surface area contributed by atoms with E-state index in [4.69, 9.17) is 14.2 Å². The average molecular weight is 1100 g/mol. The molecule has 1 unspecified atom stereocenters. The lowest BCUT2D eigenvalue weighted by atomic mass is 10.0. The molecule has 0 saturated heterocycles. The van der Waals surface area contributed by atoms with Crippen molar-refractivity contribution in [2.45, 2.75) is 361 Å². The highest BCUT2D eigenvalue weighted by Gasteiger charge is 2.19. The van der Waals surface area contributed by atoms with E-state index >= 15 is 0 Å². The number of allylic oxidation sites excluding steroid dienone is 12. The molecule has 1 atom stereocenters. The zero-order chi connectivity index (χ0) is 57.1. The van der Waals surface area contributed by atoms with E-state index in [0.717, 1.165) is 96.3 Å². The van der Waals surface area contributed by atoms with Crippen molar-refractivity contribution in [1.29, 1.82) is 0 Å². The quantitative estimate of drug-likeness (QED) is 0.0261. The molecule has 6 heteroatoms. The summed E-state index contributed by atoms with van der Waals surface area (Å²) in [4.78, 5) is 38.0. The van der Waals surface area contributed by atoms with Crippen LogP contribution in [0.2, 0.25) is 0 Å². The second-order valence-electron chi connectivity index (χ2n) is 23.1. The molecule has 0 aromatic rings. The molecule has 0 aromatic carbocycles. The lowest BCUT2D eigenvalue weighted by Gasteiger charge is -2.18. The van der Waals surface area contributed by atoms with Crippen LogP contribution in [-0.4, -0.2) is 37.2 Å². The van der Waals surface area contributed by atoms with Gasteiger partial charge >= 0.3 is 17.9 Å². The second kappa shape index (κ2) is 67.4. The fourth-order valence-corrected chi connectivity index (χ4v) is 10.1. The molecular formula is C73H130O6. The fourth-order valence-electron chi connectivity index (χ4n) is 10.1. The monoisotopic (exact) mass is 1100 g/mol. The van der Waals surface area contributed by atoms with Gasteiger partial charge in [0.1, 0.15) is 13.2 Å². The standard InChI is InChI=1S/C73H130O6/c1-4-7-10-13-15-17-19-21-23-25-27-29-31-32-33-34-35-36-37-38-39-40-42-43-45-47-49-51-53-55-57-60-63-66-72(75)78-69-70(68-77-71(74)65-62-59-12-9-6-3)79-73(76)67-64-61-58-56-54-52-50-48-46-44-41-30-28-26-24-22-20-18-16-14-11-8-5-2/h7,10,15,17,20-23,26-29,70H,4-6,8-9,11-14,16,18-19,24-25,30-69H2,1-3H3/b10-7-,17-15-,22-20-,23-21-,28-26-,29-27-. The van der Waals surface area contributed by atoms with Crippen LogP contribution in [0.5, 0.6) is 0 Å². The molecule has 0 amide bonds. The fraction of sp³-hybridized carbons (Fsp3) is 0.795. The number of hydrogen-bond acceptors (Lipinski definition) is 6. The number of carbonyl (C=O) groups is 3. The third-order valence-electron chi connectivity index (χ3n) is 15.2. The van der Waals surface area contributed by atoms with E-state index in [2.05, 4.69) is 93.7 Å². The highest BCUT2D eigenvalue weighted by molar-refractivity contribution is 5.71. The van der Waals surface area contributed by atoms with Gasteiger partial charge in [0, 0.05) is 19.3 Å². The van der Waals surface area contributed by atoms with Crippen LogP contribution in [0, 0.1) is 0 Å². The van der Waals surface area contributed by atoms with Gasteiger partial charge in [-0.2, -0.15) is 0 Å². The van der Waals surface area contributed by atoms with Gasteiger partial charge in [0.15, 0.2) is 6.10 Å². The molecule has 0 rings (SSSR count). The first-order valence-electron chi connectivity index (χ1n) is 34.4. The summed E-state index contributed by atoms with van der Waals surface area (Å²) in [6.45, 7) is 6.48. The summed E-state index contributed by atoms with van der Waals surface area (Å²) in [6.07, 6.45) is 88.4. The third kappa shape index (κ3) is 65.5. The van der Waals surface area contributed by atoms with Gasteiger partial charge in [0.2, 0.25) is 0 Å². The van der Waals surface area contributed by atoms with Crippen LogP contribution in [0.4, 0.5) is 0 Å². The molecule has 0 spiro atoms. The van der Waals surface area contributed by atoms with Crippen molar-refractivity contribution >= 4 is 17.9 Å². The first-order valence-corrected chi connectivity index (χ1v) is 34.4. The van der Waals surface area contributed by atoms with E-state index in [0.29, 0.717) is 19.3 Å². The predicted octanol–water partition coefficient (Wildman–Crippen LogP) is 23.7. The molecule has 0 fully saturated rings. The molecule has 0 aliphatic rings. The van der Waals surface area contributed by atoms with Gasteiger partial charge in [-0.25, -0.2) is 0 Å². The number of esters is 3. The lowest BCUT2D eigenvalue weighted by molar-refractivity contribution is -0.167. The van der Waals surface area contributed by atoms with E-state index in [9.17, 15) is 14.4 Å². The Bertz CT molecular complexity index is 1450. The van der Waals surface area contributed by atoms with Gasteiger partial charge < -0.3 is 14.2 Å². The van der Waals surface area contributed by atoms with Crippen LogP contribution in [0.1, 0.15) is 355 Å². The smallest absolute Gasteiger partial charge is 0.306 e. The SMILES string of the molecule is CC/C=C\C/C=C\C/C=C\C/C=C\CCCCCCCCCCCCCCCCCCCCCCC(=O)OCC(COC(=O)CCCCCCC)OC(=O)CCCCCCCCCCCCC/C=C\C/C=C\CCCCCCC. The zero-order valence-corrected chi connectivity index (χ0v) is 52.6. The summed E-state index contributed by atoms with van der Waals surface area (Å²) < 4.78 is 16.8. The molecular weight excluding hydrogens is 973 g/mol. The molecule has 0 aliphatic heterocycles. The van der Waals surface area contributed by atoms with E-state index in [1.165, 1.54) is 218 Å². The molecule has 0 heterocycles. The van der Waals surface area contributed by atoms with Crippen molar-refractivity contribution in [2.24, 2.45) is 0 Å². The number of ether oxygens (including phenoxy) is 3. The maximum Gasteiger partial charge on any atom is 0.306 e. The molecule has 79 heavy (non-hydrogen) atoms. The molecule has 0 aromatic heterocycles. The van der Waals surface area contributed by atoms with Crippen LogP contribution in [0.25, 0.3) is 0 Å². The van der Waals surface area contributed by atoms with E-state index in [1.54, 1.807) is 0 Å². The molecule has 0 saturated carbocycles. The van der Waals surface area contributed by atoms with E-state index in [1.807, 2.05) is 0 Å². The summed E-state index contributed by atoms with van der Waals surface area (Å²) in [5.41, 5.74) is 0. The summed E-state index contributed by atoms with van der Waals surface area (Å²) >= 11 is 0. The van der Waals surface area contributed by atoms with Crippen LogP contribution < -0.4 is 0 Å². The normalized spacial score (nSPS) is 12.5. The number of hydrogen-bond donors (Lipinski definition) is 0. The highest BCUT2D eigenvalue weighted by Crippen LogP contribution is 2.18. The van der Waals surface area contributed by atoms with Crippen LogP contribution in [-0.2, 0) is 28.6 Å². The minimum atomic E-state index is -0.771. The Kier molecular flexibility index (Phi) is 64.7. The Hall–Kier alpha value is -3.15. The molecule has 6 nitrogen and oxygen atoms in total. The summed E-state index contributed by atoms with van der Waals surface area (Å²) in [5.74, 6) is -0.869. The van der Waals surface area contributed by atoms with Crippen molar-refractivity contribution in [3.05, 3.63) is 72.9 Å². The van der Waals surface area contributed by atoms with Gasteiger partial charge in [-0.3, -0.25) is 14.4 Å². The first kappa shape index (κ1) is 75.8. The van der Waals surface area contributed by atoms with Gasteiger partial charge in [0.25, 0.3) is 0 Å². The molecule has 0 aliphatic carbocycles. The number of rotatable bonds is 63. The largest absolute Gasteiger partial charge is 0.462 e. The predicted molar refractivity (Wildman–Crippen MR) is 344 cm³/mol. The van der Waals surface area contributed by atoms with Crippen molar-refractivity contribution in [3.63, 3.8) is 0 Å². The minimum Gasteiger partial charge on any atom is -0.462 e. The Morgan fingerprint density at radius 3 is 0.772 bits per heavy atom. The summed E-state index contributed by atoms with van der Waals surface area (Å²) in [6, 6.07) is 0. The topological polar surface area (TPSA) is 78.9 Å². The third-order valence-corrected chi connectivity index (χ3v) is 15.2. The Labute approximate surface area is 491 Å². The lowest BCUT2D eigenvalue weighted by Crippen LogP contribution is -2.30. The Morgan fingerprint density at radius 1 is 0.266 bits per heavy atom. The van der Waals surface area contributed by atoms with Crippen molar-refractivity contribution in [1.82, 2.24) is 0 Å². The molecule has 458 valence electrons. The molecule has 0 radical (unpaired) electrons. The van der Waals surface area contributed by atoms with Crippen molar-refractivity contribution in [3.8, 4) is 0 Å². The Morgan fingerprint density at radius 2 is 0.494 bits per heavy atom. The zero-order valence-electron chi connectivity index (χ0n) is 52.6. The molecule has 0 bridgehead atoms. The number of unbranched alkanes of at least 4 members (excludes halogenated alkanes) is 40. The van der Waals surface area contributed by atoms with Crippen molar-refractivity contribution in [2.75, 3.05) is 13.2 Å². The van der Waals surface area contributed by atoms with Gasteiger partial charge in [-0.1, -0.05) is 318 Å². The second-order valence-corrected chi connectivity index (χ2v) is 23.1. The minimum absolute atomic E-state index is 0.0715. The highest BCUT2D eigenvalue weighted by atomic mass is 16.6. The van der Waals surface area contributed by atoms with Crippen LogP contribution in [0.15, 0.2) is 72.9 Å². The van der Waals surface area contributed by atoms with Gasteiger partial charge in [0.05, 0.1) is 0 Å². The maximum absolute atomic E-state index is 12.8. The Balaban J connectivity index is 3.93. The van der Waals surface area contributed by atoms with E-state index < -0.39 is 6.10 Å². The molecule has 0 N–H and O–H groups in total. The summed E-state index contributed by atoms with van der Waals surface area (Å²) in [5, 5.41) is 0. The van der Waals surface area contributed by atoms with E-state index in [-0.39, 0.29) is 31.1 Å². The first-order chi connectivity index (χ1) is 39.0. The summed E-state index contributed by atoms with van der Waals surface area (Å²) in [7, 11) is 0.